The van der Waals surface area contributed by atoms with Crippen molar-refractivity contribution >= 4 is 5.91 Å². The first-order valence-corrected chi connectivity index (χ1v) is 9.93. The van der Waals surface area contributed by atoms with Crippen LogP contribution in [0.3, 0.4) is 0 Å². The molecule has 2 aliphatic heterocycles. The number of nitrogens with two attached hydrogens (primary N) is 1. The van der Waals surface area contributed by atoms with E-state index in [0.29, 0.717) is 19.0 Å². The Labute approximate surface area is 164 Å². The summed E-state index contributed by atoms with van der Waals surface area (Å²) in [6.45, 7) is 4.13. The van der Waals surface area contributed by atoms with Crippen LogP contribution in [-0.2, 0) is 18.3 Å². The highest BCUT2D eigenvalue weighted by molar-refractivity contribution is 5.92. The van der Waals surface area contributed by atoms with Crippen molar-refractivity contribution in [3.05, 3.63) is 35.8 Å². The van der Waals surface area contributed by atoms with Gasteiger partial charge in [0.1, 0.15) is 6.26 Å². The predicted octanol–water partition coefficient (Wildman–Crippen LogP) is 0.935. The number of morpholine rings is 1. The molecule has 4 heterocycles. The Morgan fingerprint density at radius 2 is 2.11 bits per heavy atom. The van der Waals surface area contributed by atoms with Gasteiger partial charge in [-0.25, -0.2) is 4.98 Å². The predicted molar refractivity (Wildman–Crippen MR) is 101 cm³/mol. The van der Waals surface area contributed by atoms with E-state index < -0.39 is 0 Å². The Bertz CT molecular complexity index is 797. The van der Waals surface area contributed by atoms with Crippen LogP contribution in [0.2, 0.25) is 0 Å². The molecule has 2 aromatic heterocycles. The molecule has 28 heavy (non-hydrogen) atoms. The standard InChI is InChI=1S/C19H28N6O3/c1-23-11-14(10-21-23)18-16(12-24-5-3-2-4-6-24)27-8-7-25(18)19(26)15-13-28-17(9-20)22-15/h10-11,13,16,18H,2-9,12,20H2,1H3/t16-,18-/m0/s1. The fraction of sp³-hybridized carbons (Fsp3) is 0.632. The highest BCUT2D eigenvalue weighted by Crippen LogP contribution is 2.31. The summed E-state index contributed by atoms with van der Waals surface area (Å²) in [4.78, 5) is 21.7. The molecular formula is C19H28N6O3. The Morgan fingerprint density at radius 1 is 1.29 bits per heavy atom. The van der Waals surface area contributed by atoms with Crippen LogP contribution in [0.4, 0.5) is 0 Å². The van der Waals surface area contributed by atoms with E-state index in [4.69, 9.17) is 14.9 Å². The van der Waals surface area contributed by atoms with Crippen LogP contribution < -0.4 is 5.73 Å². The average molecular weight is 388 g/mol. The lowest BCUT2D eigenvalue weighted by atomic mass is 9.99. The van der Waals surface area contributed by atoms with Gasteiger partial charge in [0.2, 0.25) is 5.89 Å². The quantitative estimate of drug-likeness (QED) is 0.813. The van der Waals surface area contributed by atoms with Crippen molar-refractivity contribution in [1.82, 2.24) is 24.6 Å². The summed E-state index contributed by atoms with van der Waals surface area (Å²) >= 11 is 0. The summed E-state index contributed by atoms with van der Waals surface area (Å²) < 4.78 is 13.2. The van der Waals surface area contributed by atoms with Gasteiger partial charge in [-0.15, -0.1) is 0 Å². The molecule has 9 heteroatoms. The van der Waals surface area contributed by atoms with E-state index in [2.05, 4.69) is 15.0 Å². The van der Waals surface area contributed by atoms with E-state index in [-0.39, 0.29) is 30.3 Å². The number of aromatic nitrogens is 3. The second-order valence-corrected chi connectivity index (χ2v) is 7.49. The molecule has 2 saturated heterocycles. The summed E-state index contributed by atoms with van der Waals surface area (Å²) in [7, 11) is 1.88. The minimum atomic E-state index is -0.213. The van der Waals surface area contributed by atoms with Crippen LogP contribution in [0.15, 0.2) is 23.1 Å². The minimum absolute atomic E-state index is 0.110. The van der Waals surface area contributed by atoms with Gasteiger partial charge in [0.15, 0.2) is 5.69 Å². The molecule has 2 atom stereocenters. The third-order valence-electron chi connectivity index (χ3n) is 5.51. The Kier molecular flexibility index (Phi) is 5.74. The van der Waals surface area contributed by atoms with Crippen molar-refractivity contribution in [2.24, 2.45) is 12.8 Å². The topological polar surface area (TPSA) is 103 Å². The summed E-state index contributed by atoms with van der Waals surface area (Å²) in [5.74, 6) is 0.198. The van der Waals surface area contributed by atoms with E-state index in [0.717, 1.165) is 25.2 Å². The maximum absolute atomic E-state index is 13.2. The Morgan fingerprint density at radius 3 is 2.79 bits per heavy atom. The number of piperidine rings is 1. The number of rotatable bonds is 5. The molecule has 0 aromatic carbocycles. The molecule has 0 unspecified atom stereocenters. The number of aryl methyl sites for hydroxylation is 1. The molecule has 2 fully saturated rings. The fourth-order valence-electron chi connectivity index (χ4n) is 4.15. The smallest absolute Gasteiger partial charge is 0.276 e. The Balaban J connectivity index is 1.60. The van der Waals surface area contributed by atoms with E-state index in [1.165, 1.54) is 25.5 Å². The van der Waals surface area contributed by atoms with Crippen LogP contribution in [0.5, 0.6) is 0 Å². The maximum Gasteiger partial charge on any atom is 0.276 e. The first kappa shape index (κ1) is 19.1. The van der Waals surface area contributed by atoms with Crippen LogP contribution >= 0.6 is 0 Å². The molecule has 2 aromatic rings. The van der Waals surface area contributed by atoms with Gasteiger partial charge in [-0.05, 0) is 25.9 Å². The first-order chi connectivity index (χ1) is 13.7. The summed E-state index contributed by atoms with van der Waals surface area (Å²) in [6, 6.07) is -0.213. The number of carbonyl (C=O) groups excluding carboxylic acids is 1. The maximum atomic E-state index is 13.2. The molecule has 4 rings (SSSR count). The van der Waals surface area contributed by atoms with Gasteiger partial charge in [-0.2, -0.15) is 5.10 Å². The van der Waals surface area contributed by atoms with Gasteiger partial charge >= 0.3 is 0 Å². The molecule has 0 saturated carbocycles. The van der Waals surface area contributed by atoms with Crippen molar-refractivity contribution < 1.29 is 13.9 Å². The third-order valence-corrected chi connectivity index (χ3v) is 5.51. The van der Waals surface area contributed by atoms with Crippen molar-refractivity contribution in [2.45, 2.75) is 38.0 Å². The lowest BCUT2D eigenvalue weighted by Gasteiger charge is -2.42. The van der Waals surface area contributed by atoms with Crippen molar-refractivity contribution in [3.8, 4) is 0 Å². The lowest BCUT2D eigenvalue weighted by Crippen LogP contribution is -2.52. The van der Waals surface area contributed by atoms with Gasteiger partial charge in [0.05, 0.1) is 31.5 Å². The van der Waals surface area contributed by atoms with Crippen molar-refractivity contribution in [3.63, 3.8) is 0 Å². The van der Waals surface area contributed by atoms with E-state index in [9.17, 15) is 4.79 Å². The number of hydrogen-bond acceptors (Lipinski definition) is 7. The van der Waals surface area contributed by atoms with Gasteiger partial charge in [0.25, 0.3) is 5.91 Å². The van der Waals surface area contributed by atoms with Gasteiger partial charge in [-0.3, -0.25) is 9.48 Å². The molecule has 1 amide bonds. The van der Waals surface area contributed by atoms with Crippen LogP contribution in [0.1, 0.15) is 47.2 Å². The monoisotopic (exact) mass is 388 g/mol. The first-order valence-electron chi connectivity index (χ1n) is 9.93. The zero-order valence-corrected chi connectivity index (χ0v) is 16.3. The number of hydrogen-bond donors (Lipinski definition) is 1. The average Bonchev–Trinajstić information content (AvgIpc) is 3.37. The highest BCUT2D eigenvalue weighted by Gasteiger charge is 2.39. The number of likely N-dealkylation sites (tertiary alicyclic amines) is 1. The molecule has 152 valence electrons. The second kappa shape index (κ2) is 8.42. The largest absolute Gasteiger partial charge is 0.447 e. The highest BCUT2D eigenvalue weighted by atomic mass is 16.5. The lowest BCUT2D eigenvalue weighted by molar-refractivity contribution is -0.0743. The summed E-state index contributed by atoms with van der Waals surface area (Å²) in [5.41, 5.74) is 6.83. The number of oxazole rings is 1. The van der Waals surface area contributed by atoms with E-state index in [1.54, 1.807) is 4.68 Å². The SMILES string of the molecule is Cn1cc([C@H]2[C@H](CN3CCCCC3)OCCN2C(=O)c2coc(CN)n2)cn1. The summed E-state index contributed by atoms with van der Waals surface area (Å²) in [6.07, 6.45) is 8.77. The second-order valence-electron chi connectivity index (χ2n) is 7.49. The molecule has 9 nitrogen and oxygen atoms in total. The molecule has 0 aliphatic carbocycles. The molecule has 0 bridgehead atoms. The van der Waals surface area contributed by atoms with Gasteiger partial charge in [0, 0.05) is 31.9 Å². The molecule has 0 spiro atoms. The molecule has 2 N–H and O–H groups in total. The van der Waals surface area contributed by atoms with E-state index >= 15 is 0 Å². The Hall–Kier alpha value is -2.23. The van der Waals surface area contributed by atoms with Crippen LogP contribution in [0.25, 0.3) is 0 Å². The third kappa shape index (κ3) is 3.96. The van der Waals surface area contributed by atoms with Crippen LogP contribution in [0, 0.1) is 0 Å². The number of amides is 1. The molecular weight excluding hydrogens is 360 g/mol. The fourth-order valence-corrected chi connectivity index (χ4v) is 4.15. The number of nitrogens with zero attached hydrogens (tertiary/aromatic N) is 5. The summed E-state index contributed by atoms with van der Waals surface area (Å²) in [5, 5.41) is 4.32. The zero-order valence-electron chi connectivity index (χ0n) is 16.3. The molecule has 0 radical (unpaired) electrons. The number of carbonyl (C=O) groups is 1. The number of ether oxygens (including phenoxy) is 1. The molecule has 2 aliphatic rings. The van der Waals surface area contributed by atoms with E-state index in [1.807, 2.05) is 24.3 Å². The van der Waals surface area contributed by atoms with Crippen molar-refractivity contribution in [2.75, 3.05) is 32.8 Å². The van der Waals surface area contributed by atoms with Crippen molar-refractivity contribution in [1.29, 1.82) is 0 Å². The van der Waals surface area contributed by atoms with Crippen LogP contribution in [-0.4, -0.2) is 69.4 Å². The minimum Gasteiger partial charge on any atom is -0.447 e. The zero-order chi connectivity index (χ0) is 19.5. The normalized spacial score (nSPS) is 23.9. The van der Waals surface area contributed by atoms with Gasteiger partial charge < -0.3 is 24.7 Å². The van der Waals surface area contributed by atoms with Gasteiger partial charge in [-0.1, -0.05) is 6.42 Å².